The highest BCUT2D eigenvalue weighted by atomic mass is 15.3. The van der Waals surface area contributed by atoms with E-state index in [1.165, 1.54) is 58.2 Å². The van der Waals surface area contributed by atoms with Gasteiger partial charge < -0.3 is 5.32 Å². The maximum atomic E-state index is 3.86. The maximum Gasteiger partial charge on any atom is 0.0309 e. The Kier molecular flexibility index (Phi) is 5.30. The van der Waals surface area contributed by atoms with Crippen LogP contribution in [0.15, 0.2) is 0 Å². The Morgan fingerprint density at radius 2 is 2.00 bits per heavy atom. The van der Waals surface area contributed by atoms with Crippen LogP contribution in [0.1, 0.15) is 66.2 Å². The molecule has 0 bridgehead atoms. The van der Waals surface area contributed by atoms with Gasteiger partial charge in [0.2, 0.25) is 0 Å². The van der Waals surface area contributed by atoms with E-state index in [-0.39, 0.29) is 0 Å². The zero-order chi connectivity index (χ0) is 13.9. The summed E-state index contributed by atoms with van der Waals surface area (Å²) in [4.78, 5) is 2.79. The molecule has 1 aliphatic carbocycles. The average Bonchev–Trinajstić information content (AvgIpc) is 3.19. The van der Waals surface area contributed by atoms with E-state index in [0.717, 1.165) is 17.9 Å². The van der Waals surface area contributed by atoms with E-state index in [1.54, 1.807) is 0 Å². The van der Waals surface area contributed by atoms with Gasteiger partial charge in [-0.25, -0.2) is 0 Å². The van der Waals surface area contributed by atoms with E-state index in [0.29, 0.717) is 5.54 Å². The van der Waals surface area contributed by atoms with Crippen LogP contribution in [0.2, 0.25) is 0 Å². The third-order valence-corrected chi connectivity index (χ3v) is 5.22. The van der Waals surface area contributed by atoms with Gasteiger partial charge in [0.25, 0.3) is 0 Å². The fraction of sp³-hybridized carbons (Fsp3) is 1.00. The van der Waals surface area contributed by atoms with E-state index in [1.807, 2.05) is 0 Å². The highest BCUT2D eigenvalue weighted by Gasteiger charge is 2.45. The molecule has 0 amide bonds. The van der Waals surface area contributed by atoms with E-state index in [4.69, 9.17) is 0 Å². The molecule has 2 heteroatoms. The first-order chi connectivity index (χ1) is 9.05. The predicted octanol–water partition coefficient (Wildman–Crippen LogP) is 3.67. The first-order valence-corrected chi connectivity index (χ1v) is 8.54. The Morgan fingerprint density at radius 1 is 1.26 bits per heavy atom. The van der Waals surface area contributed by atoms with Gasteiger partial charge in [-0.15, -0.1) is 0 Å². The molecule has 0 aromatic rings. The van der Waals surface area contributed by atoms with Crippen molar-refractivity contribution in [3.63, 3.8) is 0 Å². The Bertz CT molecular complexity index is 272. The van der Waals surface area contributed by atoms with Gasteiger partial charge in [-0.05, 0) is 51.0 Å². The number of nitrogens with zero attached hydrogens (tertiary/aromatic N) is 1. The van der Waals surface area contributed by atoms with Gasteiger partial charge in [-0.1, -0.05) is 33.6 Å². The Hall–Kier alpha value is -0.0800. The molecule has 0 aromatic heterocycles. The molecule has 2 fully saturated rings. The van der Waals surface area contributed by atoms with Crippen LogP contribution in [0.5, 0.6) is 0 Å². The number of hydrogen-bond acceptors (Lipinski definition) is 2. The van der Waals surface area contributed by atoms with Gasteiger partial charge in [0.05, 0.1) is 0 Å². The summed E-state index contributed by atoms with van der Waals surface area (Å²) in [7, 11) is 0. The van der Waals surface area contributed by atoms with Crippen molar-refractivity contribution in [3.8, 4) is 0 Å². The maximum absolute atomic E-state index is 3.86. The normalized spacial score (nSPS) is 33.0. The molecule has 2 atom stereocenters. The van der Waals surface area contributed by atoms with Crippen LogP contribution >= 0.6 is 0 Å². The van der Waals surface area contributed by atoms with Gasteiger partial charge >= 0.3 is 0 Å². The Labute approximate surface area is 120 Å². The number of nitrogens with one attached hydrogen (secondary N) is 1. The lowest BCUT2D eigenvalue weighted by atomic mass is 9.90. The molecule has 2 nitrogen and oxygen atoms in total. The molecule has 1 saturated carbocycles. The van der Waals surface area contributed by atoms with Crippen LogP contribution in [-0.2, 0) is 0 Å². The Morgan fingerprint density at radius 3 is 2.58 bits per heavy atom. The molecule has 0 spiro atoms. The van der Waals surface area contributed by atoms with Gasteiger partial charge in [0.1, 0.15) is 0 Å². The van der Waals surface area contributed by atoms with E-state index in [2.05, 4.69) is 37.9 Å². The van der Waals surface area contributed by atoms with Crippen molar-refractivity contribution in [2.45, 2.75) is 77.8 Å². The topological polar surface area (TPSA) is 15.3 Å². The van der Waals surface area contributed by atoms with E-state index < -0.39 is 0 Å². The fourth-order valence-electron chi connectivity index (χ4n) is 3.61. The molecule has 0 aromatic carbocycles. The minimum Gasteiger partial charge on any atom is -0.308 e. The van der Waals surface area contributed by atoms with Gasteiger partial charge in [0.15, 0.2) is 0 Å². The molecular weight excluding hydrogens is 232 g/mol. The van der Waals surface area contributed by atoms with Gasteiger partial charge in [0, 0.05) is 24.7 Å². The standard InChI is InChI=1S/C17H34N2/c1-5-16-12-18-17(4,15-9-10-15)13-19(16)11-7-6-8-14(2)3/h14-16,18H,5-13H2,1-4H3. The number of unbranched alkanes of at least 4 members (excludes halogenated alkanes) is 1. The SMILES string of the molecule is CCC1CNC(C)(C2CC2)CN1CCCCC(C)C. The third kappa shape index (κ3) is 4.19. The van der Waals surface area contributed by atoms with Crippen LogP contribution in [-0.4, -0.2) is 36.1 Å². The second kappa shape index (κ2) is 6.58. The summed E-state index contributed by atoms with van der Waals surface area (Å²) in [5.41, 5.74) is 0.406. The van der Waals surface area contributed by atoms with Gasteiger partial charge in [-0.2, -0.15) is 0 Å². The molecule has 19 heavy (non-hydrogen) atoms. The third-order valence-electron chi connectivity index (χ3n) is 5.22. The minimum absolute atomic E-state index is 0.406. The number of hydrogen-bond donors (Lipinski definition) is 1. The van der Waals surface area contributed by atoms with Crippen molar-refractivity contribution in [1.29, 1.82) is 0 Å². The second-order valence-corrected chi connectivity index (χ2v) is 7.49. The molecule has 1 heterocycles. The van der Waals surface area contributed by atoms with E-state index >= 15 is 0 Å². The molecule has 1 saturated heterocycles. The smallest absolute Gasteiger partial charge is 0.0309 e. The monoisotopic (exact) mass is 266 g/mol. The summed E-state index contributed by atoms with van der Waals surface area (Å²) < 4.78 is 0. The van der Waals surface area contributed by atoms with Crippen molar-refractivity contribution in [3.05, 3.63) is 0 Å². The largest absolute Gasteiger partial charge is 0.308 e. The van der Waals surface area contributed by atoms with Crippen molar-refractivity contribution in [2.24, 2.45) is 11.8 Å². The highest BCUT2D eigenvalue weighted by Crippen LogP contribution is 2.41. The van der Waals surface area contributed by atoms with Crippen molar-refractivity contribution in [2.75, 3.05) is 19.6 Å². The summed E-state index contributed by atoms with van der Waals surface area (Å²) in [6.45, 7) is 13.3. The lowest BCUT2D eigenvalue weighted by Gasteiger charge is -2.46. The first kappa shape index (κ1) is 15.3. The lowest BCUT2D eigenvalue weighted by Crippen LogP contribution is -2.63. The summed E-state index contributed by atoms with van der Waals surface area (Å²) in [5, 5.41) is 3.86. The minimum atomic E-state index is 0.406. The zero-order valence-corrected chi connectivity index (χ0v) is 13.5. The summed E-state index contributed by atoms with van der Waals surface area (Å²) in [6, 6.07) is 0.769. The molecule has 1 aliphatic heterocycles. The molecular formula is C17H34N2. The van der Waals surface area contributed by atoms with Crippen molar-refractivity contribution < 1.29 is 0 Å². The molecule has 2 unspecified atom stereocenters. The first-order valence-electron chi connectivity index (χ1n) is 8.54. The second-order valence-electron chi connectivity index (χ2n) is 7.49. The van der Waals surface area contributed by atoms with Crippen LogP contribution < -0.4 is 5.32 Å². The summed E-state index contributed by atoms with van der Waals surface area (Å²) in [6.07, 6.45) is 8.36. The van der Waals surface area contributed by atoms with Crippen LogP contribution in [0.4, 0.5) is 0 Å². The predicted molar refractivity (Wildman–Crippen MR) is 83.5 cm³/mol. The molecule has 0 radical (unpaired) electrons. The van der Waals surface area contributed by atoms with E-state index in [9.17, 15) is 0 Å². The quantitative estimate of drug-likeness (QED) is 0.707. The highest BCUT2D eigenvalue weighted by molar-refractivity contribution is 5.03. The Balaban J connectivity index is 1.80. The molecule has 1 N–H and O–H groups in total. The zero-order valence-electron chi connectivity index (χ0n) is 13.5. The molecule has 2 aliphatic rings. The summed E-state index contributed by atoms with van der Waals surface area (Å²) >= 11 is 0. The van der Waals surface area contributed by atoms with Crippen LogP contribution in [0.3, 0.4) is 0 Å². The number of piperazine rings is 1. The molecule has 112 valence electrons. The number of rotatable bonds is 7. The van der Waals surface area contributed by atoms with Crippen LogP contribution in [0, 0.1) is 11.8 Å². The average molecular weight is 266 g/mol. The van der Waals surface area contributed by atoms with Gasteiger partial charge in [-0.3, -0.25) is 4.90 Å². The lowest BCUT2D eigenvalue weighted by molar-refractivity contribution is 0.0712. The van der Waals surface area contributed by atoms with Crippen LogP contribution in [0.25, 0.3) is 0 Å². The van der Waals surface area contributed by atoms with Crippen molar-refractivity contribution in [1.82, 2.24) is 10.2 Å². The van der Waals surface area contributed by atoms with Crippen molar-refractivity contribution >= 4 is 0 Å². The summed E-state index contributed by atoms with van der Waals surface area (Å²) in [5.74, 6) is 1.81. The fourth-order valence-corrected chi connectivity index (χ4v) is 3.61. The molecule has 2 rings (SSSR count).